The zero-order valence-electron chi connectivity index (χ0n) is 41.8. The maximum absolute atomic E-state index is 14.6. The number of hydrogen-bond donors (Lipinski definition) is 10. The molecular weight excluding hydrogens is 905 g/mol. The number of fused-ring (bicyclic) bond motifs is 1. The van der Waals surface area contributed by atoms with E-state index in [4.69, 9.17) is 11.5 Å². The van der Waals surface area contributed by atoms with E-state index in [1.54, 1.807) is 32.7 Å². The standard InChI is InChI=1S/C53H74N10O8/c1-31(2)27-42(53(70)71)59-48(65)40(23-15-16-26-54)57-51(68)45(32(3)4)61-52(69)46(33(5)6)60-50(67)44-25-24-43(35-19-11-8-12-20-35)63(44)62-49(66)41(28-34-17-9-7-10-18-34)58-47(64)38(55)29-36-30-56-39-22-14-13-21-37(36)39/h7-14,17-22,30-33,38,40-46,56H,15-16,23-29,54-55H2,1-6H3,(H,57,68)(H,58,64)(H,59,65)(H,60,67)(H,61,69)(H,62,66)(H,70,71)/t38-,40-,41-,42-,43+,44-,45-,46-/m1/s1. The number of nitrogens with zero attached hydrogens (tertiary/aromatic N) is 1. The average molecular weight is 979 g/mol. The Balaban J connectivity index is 1.34. The number of nitrogens with two attached hydrogens (primary N) is 2. The molecule has 0 bridgehead atoms. The Morgan fingerprint density at radius 3 is 1.89 bits per heavy atom. The lowest BCUT2D eigenvalue weighted by Gasteiger charge is -2.33. The number of benzene rings is 3. The van der Waals surface area contributed by atoms with Gasteiger partial charge in [0.2, 0.25) is 29.5 Å². The number of amides is 6. The first-order valence-electron chi connectivity index (χ1n) is 24.8. The van der Waals surface area contributed by atoms with Crippen molar-refractivity contribution in [3.8, 4) is 0 Å². The Bertz CT molecular complexity index is 2410. The highest BCUT2D eigenvalue weighted by molar-refractivity contribution is 5.96. The summed E-state index contributed by atoms with van der Waals surface area (Å²) in [5.74, 6) is -5.75. The number of H-pyrrole nitrogens is 1. The van der Waals surface area contributed by atoms with Crippen molar-refractivity contribution in [2.24, 2.45) is 29.2 Å². The van der Waals surface area contributed by atoms with Gasteiger partial charge in [0.25, 0.3) is 5.91 Å². The Labute approximate surface area is 416 Å². The molecule has 12 N–H and O–H groups in total. The lowest BCUT2D eigenvalue weighted by atomic mass is 9.98. The third-order valence-electron chi connectivity index (χ3n) is 12.9. The van der Waals surface area contributed by atoms with Crippen LogP contribution >= 0.6 is 0 Å². The molecule has 71 heavy (non-hydrogen) atoms. The number of carboxylic acids is 1. The van der Waals surface area contributed by atoms with E-state index in [2.05, 4.69) is 37.0 Å². The average Bonchev–Trinajstić information content (AvgIpc) is 3.95. The van der Waals surface area contributed by atoms with E-state index < -0.39 is 102 Å². The zero-order chi connectivity index (χ0) is 51.8. The summed E-state index contributed by atoms with van der Waals surface area (Å²) >= 11 is 0. The molecule has 0 spiro atoms. The fourth-order valence-corrected chi connectivity index (χ4v) is 8.95. The summed E-state index contributed by atoms with van der Waals surface area (Å²) in [6, 6.07) is 18.3. The molecule has 1 aliphatic heterocycles. The number of para-hydroxylation sites is 1. The van der Waals surface area contributed by atoms with Crippen LogP contribution in [-0.2, 0) is 46.4 Å². The van der Waals surface area contributed by atoms with Gasteiger partial charge in [-0.25, -0.2) is 9.80 Å². The molecule has 5 rings (SSSR count). The monoisotopic (exact) mass is 979 g/mol. The van der Waals surface area contributed by atoms with Gasteiger partial charge in [-0.3, -0.25) is 34.2 Å². The maximum Gasteiger partial charge on any atom is 0.326 e. The van der Waals surface area contributed by atoms with Crippen LogP contribution in [0.25, 0.3) is 10.9 Å². The summed E-state index contributed by atoms with van der Waals surface area (Å²) in [5.41, 5.74) is 18.6. The minimum atomic E-state index is -1.19. The second-order valence-electron chi connectivity index (χ2n) is 19.7. The fourth-order valence-electron chi connectivity index (χ4n) is 8.95. The van der Waals surface area contributed by atoms with Crippen molar-refractivity contribution < 1.29 is 38.7 Å². The van der Waals surface area contributed by atoms with E-state index in [1.807, 2.05) is 105 Å². The number of hydrogen-bond acceptors (Lipinski definition) is 10. The number of aliphatic carboxylic acids is 1. The predicted octanol–water partition coefficient (Wildman–Crippen LogP) is 3.51. The Hall–Kier alpha value is -6.63. The Kier molecular flexibility index (Phi) is 20.7. The molecule has 0 aliphatic carbocycles. The van der Waals surface area contributed by atoms with Crippen LogP contribution in [-0.4, -0.2) is 105 Å². The molecule has 2 heterocycles. The van der Waals surface area contributed by atoms with Crippen molar-refractivity contribution in [1.29, 1.82) is 0 Å². The molecule has 18 heteroatoms. The lowest BCUT2D eigenvalue weighted by Crippen LogP contribution is -2.62. The van der Waals surface area contributed by atoms with E-state index in [1.165, 1.54) is 0 Å². The van der Waals surface area contributed by atoms with Crippen LogP contribution in [0.2, 0.25) is 0 Å². The van der Waals surface area contributed by atoms with Gasteiger partial charge in [-0.2, -0.15) is 0 Å². The molecule has 1 aromatic heterocycles. The van der Waals surface area contributed by atoms with Crippen molar-refractivity contribution in [3.63, 3.8) is 0 Å². The van der Waals surface area contributed by atoms with Gasteiger partial charge in [0, 0.05) is 23.5 Å². The molecule has 384 valence electrons. The van der Waals surface area contributed by atoms with Gasteiger partial charge in [0.15, 0.2) is 0 Å². The first-order chi connectivity index (χ1) is 33.9. The van der Waals surface area contributed by atoms with Gasteiger partial charge in [0.1, 0.15) is 36.3 Å². The molecule has 1 saturated heterocycles. The SMILES string of the molecule is CC(C)C[C@@H](NC(=O)[C@@H](CCCCN)NC(=O)[C@H](NC(=O)[C@H](NC(=O)[C@H]1CC[C@@H](c2ccccc2)N1NC(=O)[C@@H](Cc1ccccc1)NC(=O)[C@H](N)Cc1c[nH]c2ccccc12)C(C)C)C(C)C)C(=O)O. The van der Waals surface area contributed by atoms with Crippen LogP contribution in [0.15, 0.2) is 91.1 Å². The second-order valence-corrected chi connectivity index (χ2v) is 19.7. The van der Waals surface area contributed by atoms with Crippen LogP contribution in [0.4, 0.5) is 0 Å². The number of hydrazine groups is 1. The lowest BCUT2D eigenvalue weighted by molar-refractivity contribution is -0.143. The first-order valence-corrected chi connectivity index (χ1v) is 24.8. The van der Waals surface area contributed by atoms with E-state index in [0.29, 0.717) is 32.2 Å². The molecule has 0 radical (unpaired) electrons. The largest absolute Gasteiger partial charge is 0.480 e. The molecular formula is C53H74N10O8. The molecule has 8 atom stereocenters. The van der Waals surface area contributed by atoms with Crippen LogP contribution in [0, 0.1) is 17.8 Å². The van der Waals surface area contributed by atoms with Crippen molar-refractivity contribution in [2.75, 3.05) is 6.54 Å². The molecule has 1 fully saturated rings. The third kappa shape index (κ3) is 15.7. The maximum atomic E-state index is 14.6. The van der Waals surface area contributed by atoms with Gasteiger partial charge in [0.05, 0.1) is 12.1 Å². The Morgan fingerprint density at radius 2 is 1.25 bits per heavy atom. The van der Waals surface area contributed by atoms with Crippen LogP contribution in [0.1, 0.15) is 103 Å². The topological polar surface area (TPSA) is 283 Å². The molecule has 0 unspecified atom stereocenters. The number of carbonyl (C=O) groups is 7. The minimum absolute atomic E-state index is 0.0262. The van der Waals surface area contributed by atoms with Crippen molar-refractivity contribution in [2.45, 2.75) is 141 Å². The van der Waals surface area contributed by atoms with Gasteiger partial charge >= 0.3 is 5.97 Å². The smallest absolute Gasteiger partial charge is 0.326 e. The molecule has 0 saturated carbocycles. The fraction of sp³-hybridized carbons (Fsp3) is 0.491. The van der Waals surface area contributed by atoms with Gasteiger partial charge in [-0.15, -0.1) is 0 Å². The number of aromatic nitrogens is 1. The van der Waals surface area contributed by atoms with Crippen molar-refractivity contribution in [1.82, 2.24) is 42.0 Å². The number of carbonyl (C=O) groups excluding carboxylic acids is 6. The zero-order valence-corrected chi connectivity index (χ0v) is 41.8. The van der Waals surface area contributed by atoms with Crippen molar-refractivity contribution >= 4 is 52.3 Å². The number of aromatic amines is 1. The summed E-state index contributed by atoms with van der Waals surface area (Å²) in [5, 5.41) is 26.3. The number of nitrogens with one attached hydrogen (secondary N) is 7. The first kappa shape index (κ1) is 55.3. The molecule has 6 amide bonds. The molecule has 18 nitrogen and oxygen atoms in total. The van der Waals surface area contributed by atoms with Gasteiger partial charge in [-0.05, 0) is 92.0 Å². The summed E-state index contributed by atoms with van der Waals surface area (Å²) in [6.45, 7) is 11.0. The summed E-state index contributed by atoms with van der Waals surface area (Å²) < 4.78 is 0. The predicted molar refractivity (Wildman–Crippen MR) is 272 cm³/mol. The number of unbranched alkanes of at least 4 members (excludes halogenated alkanes) is 1. The highest BCUT2D eigenvalue weighted by atomic mass is 16.4. The highest BCUT2D eigenvalue weighted by Crippen LogP contribution is 2.35. The van der Waals surface area contributed by atoms with E-state index >= 15 is 0 Å². The summed E-state index contributed by atoms with van der Waals surface area (Å²) in [7, 11) is 0. The summed E-state index contributed by atoms with van der Waals surface area (Å²) in [4.78, 5) is 99.9. The molecule has 1 aliphatic rings. The van der Waals surface area contributed by atoms with Crippen LogP contribution < -0.4 is 43.5 Å². The van der Waals surface area contributed by atoms with E-state index in [9.17, 15) is 38.7 Å². The van der Waals surface area contributed by atoms with Gasteiger partial charge in [-0.1, -0.05) is 120 Å². The quantitative estimate of drug-likeness (QED) is 0.0407. The summed E-state index contributed by atoms with van der Waals surface area (Å²) in [6.07, 6.45) is 4.34. The van der Waals surface area contributed by atoms with Crippen molar-refractivity contribution in [3.05, 3.63) is 108 Å². The number of carboxylic acid groups (broad SMARTS) is 1. The molecule has 4 aromatic rings. The minimum Gasteiger partial charge on any atom is -0.480 e. The number of rotatable bonds is 26. The van der Waals surface area contributed by atoms with Gasteiger partial charge < -0.3 is 48.1 Å². The van der Waals surface area contributed by atoms with E-state index in [-0.39, 0.29) is 31.6 Å². The molecule has 3 aromatic carbocycles. The van der Waals surface area contributed by atoms with Crippen LogP contribution in [0.3, 0.4) is 0 Å². The Morgan fingerprint density at radius 1 is 0.662 bits per heavy atom. The van der Waals surface area contributed by atoms with Crippen LogP contribution in [0.5, 0.6) is 0 Å². The third-order valence-corrected chi connectivity index (χ3v) is 12.9. The highest BCUT2D eigenvalue weighted by Gasteiger charge is 2.43. The van der Waals surface area contributed by atoms with E-state index in [0.717, 1.165) is 27.6 Å². The normalized spacial score (nSPS) is 17.5. The second kappa shape index (κ2) is 26.5.